The molecule has 0 radical (unpaired) electrons. The van der Waals surface area contributed by atoms with Gasteiger partial charge in [-0.2, -0.15) is 0 Å². The van der Waals surface area contributed by atoms with Crippen molar-refractivity contribution < 1.29 is 9.84 Å². The number of aliphatic hydroxyl groups excluding tert-OH is 1. The molecule has 0 spiro atoms. The van der Waals surface area contributed by atoms with E-state index in [0.29, 0.717) is 11.9 Å². The average molecular weight is 319 g/mol. The van der Waals surface area contributed by atoms with Crippen LogP contribution in [0.5, 0.6) is 6.01 Å². The molecule has 6 heteroatoms. The first-order chi connectivity index (χ1) is 10.8. The van der Waals surface area contributed by atoms with E-state index in [0.717, 1.165) is 42.9 Å². The van der Waals surface area contributed by atoms with E-state index in [2.05, 4.69) is 14.9 Å². The minimum atomic E-state index is -0.313. The van der Waals surface area contributed by atoms with Crippen LogP contribution in [0.2, 0.25) is 0 Å². The van der Waals surface area contributed by atoms with Crippen molar-refractivity contribution in [1.82, 2.24) is 14.9 Å². The maximum atomic E-state index is 10.4. The Bertz CT molecular complexity index is 566. The van der Waals surface area contributed by atoms with E-state index in [9.17, 15) is 5.11 Å². The third-order valence-corrected chi connectivity index (χ3v) is 5.13. The number of thiophene rings is 1. The van der Waals surface area contributed by atoms with Crippen molar-refractivity contribution in [2.45, 2.75) is 25.5 Å². The maximum absolute atomic E-state index is 10.4. The number of piperidine rings is 1. The zero-order valence-corrected chi connectivity index (χ0v) is 13.5. The first-order valence-electron chi connectivity index (χ1n) is 7.55. The summed E-state index contributed by atoms with van der Waals surface area (Å²) in [5.74, 6) is 0.363. The average Bonchev–Trinajstić information content (AvgIpc) is 3.10. The second-order valence-corrected chi connectivity index (χ2v) is 6.63. The number of hydrogen-bond donors (Lipinski definition) is 1. The minimum absolute atomic E-state index is 0.313. The number of nitrogens with zero attached hydrogens (tertiary/aromatic N) is 3. The van der Waals surface area contributed by atoms with Gasteiger partial charge in [0.15, 0.2) is 0 Å². The minimum Gasteiger partial charge on any atom is -0.467 e. The Hall–Kier alpha value is -1.50. The summed E-state index contributed by atoms with van der Waals surface area (Å²) in [6, 6.07) is 4.43. The number of hydrogen-bond acceptors (Lipinski definition) is 6. The van der Waals surface area contributed by atoms with Crippen LogP contribution in [0.25, 0.3) is 0 Å². The van der Waals surface area contributed by atoms with E-state index in [1.54, 1.807) is 18.4 Å². The summed E-state index contributed by atoms with van der Waals surface area (Å²) in [6.45, 7) is 2.85. The molecule has 1 saturated heterocycles. The lowest BCUT2D eigenvalue weighted by atomic mass is 9.90. The molecule has 118 valence electrons. The normalized spacial score (nSPS) is 18.3. The second-order valence-electron chi connectivity index (χ2n) is 5.65. The van der Waals surface area contributed by atoms with Gasteiger partial charge in [-0.15, -0.1) is 11.3 Å². The van der Waals surface area contributed by atoms with Gasteiger partial charge in [0.2, 0.25) is 0 Å². The SMILES string of the molecule is COc1ncc(CN2CCC([C@@H](O)c3cccs3)CC2)cn1. The zero-order valence-electron chi connectivity index (χ0n) is 12.7. The van der Waals surface area contributed by atoms with Gasteiger partial charge in [-0.3, -0.25) is 4.90 Å². The summed E-state index contributed by atoms with van der Waals surface area (Å²) in [5, 5.41) is 12.5. The smallest absolute Gasteiger partial charge is 0.316 e. The fraction of sp³-hybridized carbons (Fsp3) is 0.500. The molecule has 0 amide bonds. The lowest BCUT2D eigenvalue weighted by molar-refractivity contribution is 0.0590. The summed E-state index contributed by atoms with van der Waals surface area (Å²) >= 11 is 1.64. The van der Waals surface area contributed by atoms with Crippen LogP contribution in [0.3, 0.4) is 0 Å². The van der Waals surface area contributed by atoms with Crippen molar-refractivity contribution in [2.24, 2.45) is 5.92 Å². The molecule has 2 aromatic rings. The maximum Gasteiger partial charge on any atom is 0.316 e. The van der Waals surface area contributed by atoms with Crippen LogP contribution < -0.4 is 4.74 Å². The highest BCUT2D eigenvalue weighted by Crippen LogP contribution is 2.33. The van der Waals surface area contributed by atoms with Crippen molar-refractivity contribution in [3.05, 3.63) is 40.3 Å². The Kier molecular flexibility index (Phi) is 5.02. The predicted molar refractivity (Wildman–Crippen MR) is 85.9 cm³/mol. The Morgan fingerprint density at radius 1 is 1.36 bits per heavy atom. The van der Waals surface area contributed by atoms with Gasteiger partial charge in [0, 0.05) is 29.4 Å². The number of rotatable bonds is 5. The van der Waals surface area contributed by atoms with Gasteiger partial charge in [0.1, 0.15) is 0 Å². The van der Waals surface area contributed by atoms with Crippen LogP contribution in [0.4, 0.5) is 0 Å². The van der Waals surface area contributed by atoms with Gasteiger partial charge < -0.3 is 9.84 Å². The molecule has 1 atom stereocenters. The molecule has 22 heavy (non-hydrogen) atoms. The van der Waals surface area contributed by atoms with Crippen molar-refractivity contribution in [3.8, 4) is 6.01 Å². The fourth-order valence-electron chi connectivity index (χ4n) is 2.91. The molecule has 0 saturated carbocycles. The van der Waals surface area contributed by atoms with E-state index in [1.807, 2.05) is 29.9 Å². The van der Waals surface area contributed by atoms with Gasteiger partial charge >= 0.3 is 6.01 Å². The molecule has 0 bridgehead atoms. The van der Waals surface area contributed by atoms with Crippen LogP contribution in [0.15, 0.2) is 29.9 Å². The number of ether oxygens (including phenoxy) is 1. The van der Waals surface area contributed by atoms with Crippen molar-refractivity contribution >= 4 is 11.3 Å². The van der Waals surface area contributed by atoms with E-state index >= 15 is 0 Å². The number of likely N-dealkylation sites (tertiary alicyclic amines) is 1. The molecule has 0 aromatic carbocycles. The first kappa shape index (κ1) is 15.4. The standard InChI is InChI=1S/C16H21N3O2S/c1-21-16-17-9-12(10-18-16)11-19-6-4-13(5-7-19)15(20)14-3-2-8-22-14/h2-3,8-10,13,15,20H,4-7,11H2,1H3/t15-/m1/s1. The number of aliphatic hydroxyl groups is 1. The van der Waals surface area contributed by atoms with Gasteiger partial charge in [-0.25, -0.2) is 9.97 Å². The Labute approximate surface area is 134 Å². The van der Waals surface area contributed by atoms with Crippen molar-refractivity contribution in [2.75, 3.05) is 20.2 Å². The van der Waals surface area contributed by atoms with Gasteiger partial charge in [0.25, 0.3) is 0 Å². The second kappa shape index (κ2) is 7.17. The summed E-state index contributed by atoms with van der Waals surface area (Å²) in [7, 11) is 1.57. The molecule has 5 nitrogen and oxygen atoms in total. The van der Waals surface area contributed by atoms with Crippen LogP contribution in [-0.2, 0) is 6.54 Å². The monoisotopic (exact) mass is 319 g/mol. The zero-order chi connectivity index (χ0) is 15.4. The quantitative estimate of drug-likeness (QED) is 0.917. The molecule has 3 heterocycles. The van der Waals surface area contributed by atoms with E-state index in [-0.39, 0.29) is 6.10 Å². The molecule has 1 N–H and O–H groups in total. The van der Waals surface area contributed by atoms with E-state index < -0.39 is 0 Å². The third kappa shape index (κ3) is 3.63. The van der Waals surface area contributed by atoms with Crippen LogP contribution in [-0.4, -0.2) is 40.2 Å². The van der Waals surface area contributed by atoms with Gasteiger partial charge in [-0.1, -0.05) is 6.07 Å². The molecular formula is C16H21N3O2S. The van der Waals surface area contributed by atoms with Gasteiger partial charge in [0.05, 0.1) is 13.2 Å². The highest BCUT2D eigenvalue weighted by atomic mass is 32.1. The molecule has 0 aliphatic carbocycles. The van der Waals surface area contributed by atoms with Crippen molar-refractivity contribution in [1.29, 1.82) is 0 Å². The topological polar surface area (TPSA) is 58.5 Å². The molecule has 1 aliphatic heterocycles. The Balaban J connectivity index is 1.51. The Morgan fingerprint density at radius 3 is 2.68 bits per heavy atom. The lowest BCUT2D eigenvalue weighted by Crippen LogP contribution is -2.35. The van der Waals surface area contributed by atoms with Crippen molar-refractivity contribution in [3.63, 3.8) is 0 Å². The molecule has 1 fully saturated rings. The summed E-state index contributed by atoms with van der Waals surface area (Å²) in [4.78, 5) is 11.8. The Morgan fingerprint density at radius 2 is 2.09 bits per heavy atom. The molecule has 0 unspecified atom stereocenters. The van der Waals surface area contributed by atoms with Crippen LogP contribution in [0, 0.1) is 5.92 Å². The highest BCUT2D eigenvalue weighted by Gasteiger charge is 2.26. The molecule has 3 rings (SSSR count). The van der Waals surface area contributed by atoms with Crippen LogP contribution >= 0.6 is 11.3 Å². The summed E-state index contributed by atoms with van der Waals surface area (Å²) in [5.41, 5.74) is 1.10. The van der Waals surface area contributed by atoms with E-state index in [1.165, 1.54) is 0 Å². The number of methoxy groups -OCH3 is 1. The van der Waals surface area contributed by atoms with E-state index in [4.69, 9.17) is 4.74 Å². The first-order valence-corrected chi connectivity index (χ1v) is 8.43. The lowest BCUT2D eigenvalue weighted by Gasteiger charge is -2.33. The molecular weight excluding hydrogens is 298 g/mol. The number of aromatic nitrogens is 2. The summed E-state index contributed by atoms with van der Waals surface area (Å²) in [6.07, 6.45) is 5.37. The predicted octanol–water partition coefficient (Wildman–Crippen LogP) is 2.49. The third-order valence-electron chi connectivity index (χ3n) is 4.18. The fourth-order valence-corrected chi connectivity index (χ4v) is 3.71. The molecule has 1 aliphatic rings. The van der Waals surface area contributed by atoms with Gasteiger partial charge in [-0.05, 0) is 43.3 Å². The molecule has 2 aromatic heterocycles. The van der Waals surface area contributed by atoms with Crippen LogP contribution in [0.1, 0.15) is 29.4 Å². The highest BCUT2D eigenvalue weighted by molar-refractivity contribution is 7.10. The largest absolute Gasteiger partial charge is 0.467 e. The summed E-state index contributed by atoms with van der Waals surface area (Å²) < 4.78 is 4.97.